The van der Waals surface area contributed by atoms with Crippen molar-refractivity contribution in [3.8, 4) is 0 Å². The van der Waals surface area contributed by atoms with Gasteiger partial charge in [0.15, 0.2) is 0 Å². The van der Waals surface area contributed by atoms with Gasteiger partial charge in [0.1, 0.15) is 18.3 Å². The Morgan fingerprint density at radius 2 is 1.71 bits per heavy atom. The van der Waals surface area contributed by atoms with E-state index in [0.717, 1.165) is 5.69 Å². The van der Waals surface area contributed by atoms with E-state index in [1.165, 1.54) is 5.56 Å². The molecule has 0 heterocycles. The van der Waals surface area contributed by atoms with Crippen molar-refractivity contribution < 1.29 is 30.3 Å². The maximum Gasteiger partial charge on any atom is 0.224 e. The van der Waals surface area contributed by atoms with Crippen LogP contribution in [0, 0.1) is 0 Å². The number of unbranched alkanes of at least 4 members (excludes halogenated alkanes) is 1. The monoisotopic (exact) mass is 398 g/mol. The van der Waals surface area contributed by atoms with Crippen molar-refractivity contribution in [1.82, 2.24) is 5.32 Å². The van der Waals surface area contributed by atoms with Gasteiger partial charge in [0.05, 0.1) is 12.7 Å². The van der Waals surface area contributed by atoms with E-state index in [2.05, 4.69) is 24.5 Å². The van der Waals surface area contributed by atoms with E-state index in [4.69, 9.17) is 5.11 Å². The number of rotatable bonds is 13. The van der Waals surface area contributed by atoms with Gasteiger partial charge in [-0.05, 0) is 43.0 Å². The number of hydrogen-bond donors (Lipinski definition) is 7. The molecule has 1 aromatic rings. The van der Waals surface area contributed by atoms with Crippen LogP contribution in [0.1, 0.15) is 44.6 Å². The number of anilines is 1. The van der Waals surface area contributed by atoms with Crippen LogP contribution in [0.15, 0.2) is 24.3 Å². The molecule has 8 nitrogen and oxygen atoms in total. The van der Waals surface area contributed by atoms with Crippen LogP contribution in [0.3, 0.4) is 0 Å². The highest BCUT2D eigenvalue weighted by Gasteiger charge is 2.29. The molecule has 28 heavy (non-hydrogen) atoms. The zero-order chi connectivity index (χ0) is 21.1. The van der Waals surface area contributed by atoms with Crippen LogP contribution in [0.5, 0.6) is 0 Å². The average Bonchev–Trinajstić information content (AvgIpc) is 2.68. The van der Waals surface area contributed by atoms with Gasteiger partial charge in [0.25, 0.3) is 0 Å². The minimum atomic E-state index is -1.63. The number of amides is 1. The maximum absolute atomic E-state index is 12.0. The predicted octanol–water partition coefficient (Wildman–Crippen LogP) is -0.0557. The second-order valence-electron chi connectivity index (χ2n) is 7.29. The molecule has 0 aliphatic carbocycles. The standard InChI is InChI=1S/C20H34N2O6/c1-13(2)14-6-5-7-15(10-14)22-18(26)8-3-4-9-21-11-16(24)19(27)20(28)17(25)12-23/h5-7,10,13,16-17,19-21,23-25,27-28H,3-4,8-9,11-12H2,1-2H3,(H,22,26). The molecule has 1 amide bonds. The first-order valence-corrected chi connectivity index (χ1v) is 9.70. The summed E-state index contributed by atoms with van der Waals surface area (Å²) < 4.78 is 0. The molecule has 7 N–H and O–H groups in total. The van der Waals surface area contributed by atoms with E-state index in [1.54, 1.807) is 0 Å². The first-order valence-electron chi connectivity index (χ1n) is 9.70. The number of nitrogens with one attached hydrogen (secondary N) is 2. The van der Waals surface area contributed by atoms with Crippen molar-refractivity contribution >= 4 is 11.6 Å². The van der Waals surface area contributed by atoms with E-state index < -0.39 is 31.0 Å². The summed E-state index contributed by atoms with van der Waals surface area (Å²) in [5.74, 6) is 0.335. The van der Waals surface area contributed by atoms with Crippen LogP contribution >= 0.6 is 0 Å². The Hall–Kier alpha value is -1.55. The summed E-state index contributed by atoms with van der Waals surface area (Å²) in [7, 11) is 0. The van der Waals surface area contributed by atoms with E-state index in [9.17, 15) is 25.2 Å². The Kier molecular flexibility index (Phi) is 11.2. The van der Waals surface area contributed by atoms with E-state index in [1.807, 2.05) is 24.3 Å². The SMILES string of the molecule is CC(C)c1cccc(NC(=O)CCCCNCC(O)C(O)C(O)C(O)CO)c1. The fraction of sp³-hybridized carbons (Fsp3) is 0.650. The Morgan fingerprint density at radius 3 is 2.36 bits per heavy atom. The molecule has 0 radical (unpaired) electrons. The summed E-state index contributed by atoms with van der Waals surface area (Å²) in [6.45, 7) is 4.03. The van der Waals surface area contributed by atoms with Crippen molar-refractivity contribution in [2.75, 3.05) is 25.0 Å². The Labute approximate surface area is 166 Å². The van der Waals surface area contributed by atoms with Crippen molar-refractivity contribution in [2.45, 2.75) is 63.4 Å². The van der Waals surface area contributed by atoms with Crippen LogP contribution in [0.4, 0.5) is 5.69 Å². The lowest BCUT2D eigenvalue weighted by Crippen LogP contribution is -2.49. The smallest absolute Gasteiger partial charge is 0.224 e. The van der Waals surface area contributed by atoms with Gasteiger partial charge in [-0.3, -0.25) is 4.79 Å². The van der Waals surface area contributed by atoms with Gasteiger partial charge in [-0.2, -0.15) is 0 Å². The third-order valence-corrected chi connectivity index (χ3v) is 4.52. The molecule has 160 valence electrons. The van der Waals surface area contributed by atoms with Gasteiger partial charge >= 0.3 is 0 Å². The first kappa shape index (κ1) is 24.5. The van der Waals surface area contributed by atoms with Crippen LogP contribution in [0.25, 0.3) is 0 Å². The molecule has 0 aliphatic rings. The fourth-order valence-corrected chi connectivity index (χ4v) is 2.67. The van der Waals surface area contributed by atoms with E-state index >= 15 is 0 Å². The molecule has 4 atom stereocenters. The number of aliphatic hydroxyl groups is 5. The summed E-state index contributed by atoms with van der Waals surface area (Å²) in [5.41, 5.74) is 1.95. The van der Waals surface area contributed by atoms with Gasteiger partial charge < -0.3 is 36.2 Å². The van der Waals surface area contributed by atoms with E-state index in [-0.39, 0.29) is 12.5 Å². The molecule has 0 spiro atoms. The van der Waals surface area contributed by atoms with Crippen molar-refractivity contribution in [1.29, 1.82) is 0 Å². The summed E-state index contributed by atoms with van der Waals surface area (Å²) in [5, 5.41) is 52.8. The molecular formula is C20H34N2O6. The normalized spacial score (nSPS) is 15.9. The number of carbonyl (C=O) groups excluding carboxylic acids is 1. The lowest BCUT2D eigenvalue weighted by Gasteiger charge is -2.25. The topological polar surface area (TPSA) is 142 Å². The van der Waals surface area contributed by atoms with Gasteiger partial charge in [-0.15, -0.1) is 0 Å². The number of hydrogen-bond acceptors (Lipinski definition) is 7. The van der Waals surface area contributed by atoms with Crippen molar-refractivity contribution in [3.63, 3.8) is 0 Å². The van der Waals surface area contributed by atoms with Gasteiger partial charge in [-0.1, -0.05) is 26.0 Å². The summed E-state index contributed by atoms with van der Waals surface area (Å²) in [4.78, 5) is 12.0. The molecule has 0 saturated carbocycles. The number of benzene rings is 1. The summed E-state index contributed by atoms with van der Waals surface area (Å²) in [6, 6.07) is 7.78. The first-order chi connectivity index (χ1) is 13.3. The second-order valence-corrected chi connectivity index (χ2v) is 7.29. The highest BCUT2D eigenvalue weighted by atomic mass is 16.4. The quantitative estimate of drug-likeness (QED) is 0.231. The Balaban J connectivity index is 2.20. The van der Waals surface area contributed by atoms with Crippen molar-refractivity contribution in [3.05, 3.63) is 29.8 Å². The third kappa shape index (κ3) is 8.64. The fourth-order valence-electron chi connectivity index (χ4n) is 2.67. The number of aliphatic hydroxyl groups excluding tert-OH is 5. The molecule has 0 aliphatic heterocycles. The lowest BCUT2D eigenvalue weighted by atomic mass is 10.0. The highest BCUT2D eigenvalue weighted by molar-refractivity contribution is 5.90. The zero-order valence-corrected chi connectivity index (χ0v) is 16.6. The average molecular weight is 398 g/mol. The molecule has 1 rings (SSSR count). The van der Waals surface area contributed by atoms with E-state index in [0.29, 0.717) is 31.7 Å². The summed E-state index contributed by atoms with van der Waals surface area (Å²) >= 11 is 0. The van der Waals surface area contributed by atoms with Crippen LogP contribution in [-0.2, 0) is 4.79 Å². The number of carbonyl (C=O) groups is 1. The molecule has 0 fully saturated rings. The zero-order valence-electron chi connectivity index (χ0n) is 16.6. The Morgan fingerprint density at radius 1 is 1.04 bits per heavy atom. The lowest BCUT2D eigenvalue weighted by molar-refractivity contribution is -0.116. The summed E-state index contributed by atoms with van der Waals surface area (Å²) in [6.07, 6.45) is -4.25. The maximum atomic E-state index is 12.0. The van der Waals surface area contributed by atoms with Gasteiger partial charge in [0.2, 0.25) is 5.91 Å². The van der Waals surface area contributed by atoms with Crippen LogP contribution in [-0.4, -0.2) is 75.6 Å². The second kappa shape index (κ2) is 12.8. The Bertz CT molecular complexity index is 584. The predicted molar refractivity (Wildman–Crippen MR) is 107 cm³/mol. The van der Waals surface area contributed by atoms with Crippen LogP contribution in [0.2, 0.25) is 0 Å². The molecule has 4 unspecified atom stereocenters. The molecule has 0 bridgehead atoms. The van der Waals surface area contributed by atoms with Gasteiger partial charge in [0, 0.05) is 18.7 Å². The molecule has 0 aromatic heterocycles. The minimum absolute atomic E-state index is 0.0184. The third-order valence-electron chi connectivity index (χ3n) is 4.52. The minimum Gasteiger partial charge on any atom is -0.394 e. The highest BCUT2D eigenvalue weighted by Crippen LogP contribution is 2.18. The molecular weight excluding hydrogens is 364 g/mol. The van der Waals surface area contributed by atoms with Gasteiger partial charge in [-0.25, -0.2) is 0 Å². The van der Waals surface area contributed by atoms with Crippen molar-refractivity contribution in [2.24, 2.45) is 0 Å². The molecule has 0 saturated heterocycles. The molecule has 8 heteroatoms. The largest absolute Gasteiger partial charge is 0.394 e. The van der Waals surface area contributed by atoms with Crippen LogP contribution < -0.4 is 10.6 Å². The molecule has 1 aromatic carbocycles.